The summed E-state index contributed by atoms with van der Waals surface area (Å²) in [4.78, 5) is 25.3. The fraction of sp³-hybridized carbons (Fsp3) is 0.444. The van der Waals surface area contributed by atoms with Gasteiger partial charge < -0.3 is 9.52 Å². The molecule has 0 unspecified atom stereocenters. The van der Waals surface area contributed by atoms with Crippen LogP contribution in [0.1, 0.15) is 30.8 Å². The Kier molecular flexibility index (Phi) is 3.43. The van der Waals surface area contributed by atoms with E-state index in [0.717, 1.165) is 6.20 Å². The Morgan fingerprint density at radius 2 is 2.27 bits per heavy atom. The number of carboxylic acid groups (broad SMARTS) is 1. The second-order valence-electron chi connectivity index (χ2n) is 3.48. The first kappa shape index (κ1) is 11.2. The maximum absolute atomic E-state index is 11.2. The summed E-state index contributed by atoms with van der Waals surface area (Å²) in [5, 5.41) is 10.9. The summed E-state index contributed by atoms with van der Waals surface area (Å²) in [6, 6.07) is -0.0851. The van der Waals surface area contributed by atoms with Crippen molar-refractivity contribution in [2.45, 2.75) is 20.3 Å². The molecule has 2 N–H and O–H groups in total. The Balaban J connectivity index is 2.57. The molecule has 0 radical (unpaired) electrons. The van der Waals surface area contributed by atoms with Crippen LogP contribution < -0.4 is 5.32 Å². The van der Waals surface area contributed by atoms with Crippen molar-refractivity contribution in [2.75, 3.05) is 5.32 Å². The van der Waals surface area contributed by atoms with Gasteiger partial charge in [0.2, 0.25) is 11.7 Å². The number of carbonyl (C=O) groups excluding carboxylic acids is 1. The number of oxazole rings is 1. The van der Waals surface area contributed by atoms with Gasteiger partial charge in [-0.1, -0.05) is 13.8 Å². The molecule has 6 heteroatoms. The molecule has 0 spiro atoms. The minimum atomic E-state index is -1.22. The van der Waals surface area contributed by atoms with Crippen LogP contribution in [0.3, 0.4) is 0 Å². The molecule has 0 fully saturated rings. The number of rotatable bonds is 4. The van der Waals surface area contributed by atoms with Crippen molar-refractivity contribution in [3.05, 3.63) is 12.0 Å². The maximum atomic E-state index is 11.2. The molecule has 1 aromatic heterocycles. The van der Waals surface area contributed by atoms with Crippen molar-refractivity contribution < 1.29 is 19.1 Å². The zero-order valence-corrected chi connectivity index (χ0v) is 8.48. The Morgan fingerprint density at radius 1 is 1.60 bits per heavy atom. The molecule has 0 saturated carbocycles. The Bertz CT molecular complexity index is 370. The number of aromatic nitrogens is 1. The Labute approximate surface area is 86.3 Å². The van der Waals surface area contributed by atoms with Crippen molar-refractivity contribution in [2.24, 2.45) is 5.92 Å². The van der Waals surface area contributed by atoms with Crippen molar-refractivity contribution in [3.63, 3.8) is 0 Å². The second-order valence-corrected chi connectivity index (χ2v) is 3.48. The lowest BCUT2D eigenvalue weighted by molar-refractivity contribution is -0.117. The van der Waals surface area contributed by atoms with Gasteiger partial charge in [0.1, 0.15) is 0 Å². The highest BCUT2D eigenvalue weighted by Gasteiger charge is 2.13. The summed E-state index contributed by atoms with van der Waals surface area (Å²) in [6.45, 7) is 3.80. The number of nitrogens with zero attached hydrogens (tertiary/aromatic N) is 1. The van der Waals surface area contributed by atoms with E-state index in [-0.39, 0.29) is 23.6 Å². The highest BCUT2D eigenvalue weighted by atomic mass is 16.4. The number of carboxylic acids is 1. The predicted octanol–water partition coefficient (Wildman–Crippen LogP) is 1.36. The molecule has 82 valence electrons. The first-order valence-corrected chi connectivity index (χ1v) is 4.48. The number of hydrogen-bond donors (Lipinski definition) is 2. The smallest absolute Gasteiger partial charge is 0.373 e. The molecule has 0 aliphatic carbocycles. The lowest BCUT2D eigenvalue weighted by Crippen LogP contribution is -2.13. The van der Waals surface area contributed by atoms with Crippen LogP contribution in [-0.2, 0) is 4.79 Å². The predicted molar refractivity (Wildman–Crippen MR) is 51.5 cm³/mol. The van der Waals surface area contributed by atoms with Crippen LogP contribution in [0.2, 0.25) is 0 Å². The Hall–Kier alpha value is -1.85. The van der Waals surface area contributed by atoms with Gasteiger partial charge in [0.25, 0.3) is 0 Å². The quantitative estimate of drug-likeness (QED) is 0.785. The van der Waals surface area contributed by atoms with Gasteiger partial charge in [0, 0.05) is 6.42 Å². The second kappa shape index (κ2) is 4.59. The van der Waals surface area contributed by atoms with E-state index in [1.807, 2.05) is 13.8 Å². The van der Waals surface area contributed by atoms with Crippen LogP contribution in [0, 0.1) is 5.92 Å². The highest BCUT2D eigenvalue weighted by Crippen LogP contribution is 2.10. The molecule has 1 heterocycles. The lowest BCUT2D eigenvalue weighted by atomic mass is 10.1. The normalized spacial score (nSPS) is 10.3. The van der Waals surface area contributed by atoms with E-state index < -0.39 is 5.97 Å². The van der Waals surface area contributed by atoms with E-state index in [1.165, 1.54) is 0 Å². The number of aromatic carboxylic acids is 1. The summed E-state index contributed by atoms with van der Waals surface area (Å²) in [5.41, 5.74) is 0. The third-order valence-corrected chi connectivity index (χ3v) is 1.56. The van der Waals surface area contributed by atoms with Crippen LogP contribution in [0.4, 0.5) is 6.01 Å². The minimum absolute atomic E-state index is 0.0851. The highest BCUT2D eigenvalue weighted by molar-refractivity contribution is 5.89. The third-order valence-electron chi connectivity index (χ3n) is 1.56. The van der Waals surface area contributed by atoms with Crippen LogP contribution in [-0.4, -0.2) is 22.0 Å². The van der Waals surface area contributed by atoms with E-state index in [4.69, 9.17) is 9.52 Å². The van der Waals surface area contributed by atoms with Gasteiger partial charge in [0.15, 0.2) is 0 Å². The van der Waals surface area contributed by atoms with Gasteiger partial charge >= 0.3 is 12.0 Å². The van der Waals surface area contributed by atoms with Crippen LogP contribution >= 0.6 is 0 Å². The first-order valence-electron chi connectivity index (χ1n) is 4.48. The molecule has 0 aliphatic rings. The molecule has 0 bridgehead atoms. The number of hydrogen-bond acceptors (Lipinski definition) is 4. The molecule has 1 aromatic rings. The van der Waals surface area contributed by atoms with Gasteiger partial charge in [-0.2, -0.15) is 0 Å². The van der Waals surface area contributed by atoms with E-state index in [9.17, 15) is 9.59 Å². The van der Waals surface area contributed by atoms with Crippen molar-refractivity contribution in [1.29, 1.82) is 0 Å². The first-order chi connectivity index (χ1) is 6.99. The summed E-state index contributed by atoms with van der Waals surface area (Å²) in [7, 11) is 0. The van der Waals surface area contributed by atoms with Crippen molar-refractivity contribution in [1.82, 2.24) is 4.98 Å². The molecular formula is C9H12N2O4. The van der Waals surface area contributed by atoms with Crippen molar-refractivity contribution >= 4 is 17.9 Å². The van der Waals surface area contributed by atoms with Gasteiger partial charge in [0.05, 0.1) is 6.20 Å². The number of anilines is 1. The van der Waals surface area contributed by atoms with E-state index in [0.29, 0.717) is 6.42 Å². The molecule has 15 heavy (non-hydrogen) atoms. The summed E-state index contributed by atoms with van der Waals surface area (Å²) in [5.74, 6) is -1.54. The van der Waals surface area contributed by atoms with Gasteiger partial charge in [-0.25, -0.2) is 9.78 Å². The standard InChI is InChI=1S/C9H12N2O4/c1-5(2)3-7(12)11-9-10-4-6(15-9)8(13)14/h4-5H,3H2,1-2H3,(H,13,14)(H,10,11,12). The fourth-order valence-electron chi connectivity index (χ4n) is 0.972. The lowest BCUT2D eigenvalue weighted by Gasteiger charge is -2.02. The van der Waals surface area contributed by atoms with Crippen molar-refractivity contribution in [3.8, 4) is 0 Å². The van der Waals surface area contributed by atoms with E-state index in [2.05, 4.69) is 10.3 Å². The molecule has 0 aromatic carbocycles. The third kappa shape index (κ3) is 3.41. The molecule has 6 nitrogen and oxygen atoms in total. The summed E-state index contributed by atoms with van der Waals surface area (Å²) in [6.07, 6.45) is 1.39. The van der Waals surface area contributed by atoms with Gasteiger partial charge in [-0.3, -0.25) is 10.1 Å². The summed E-state index contributed by atoms with van der Waals surface area (Å²) < 4.78 is 4.75. The van der Waals surface area contributed by atoms with E-state index >= 15 is 0 Å². The molecule has 0 atom stereocenters. The molecule has 0 aliphatic heterocycles. The van der Waals surface area contributed by atoms with Crippen LogP contribution in [0.5, 0.6) is 0 Å². The number of carbonyl (C=O) groups is 2. The average molecular weight is 212 g/mol. The number of amides is 1. The molecule has 1 rings (SSSR count). The molecule has 0 saturated heterocycles. The zero-order chi connectivity index (χ0) is 11.4. The Morgan fingerprint density at radius 3 is 2.73 bits per heavy atom. The maximum Gasteiger partial charge on any atom is 0.373 e. The topological polar surface area (TPSA) is 92.4 Å². The van der Waals surface area contributed by atoms with Gasteiger partial charge in [-0.05, 0) is 5.92 Å². The van der Waals surface area contributed by atoms with E-state index in [1.54, 1.807) is 0 Å². The molecule has 1 amide bonds. The largest absolute Gasteiger partial charge is 0.475 e. The van der Waals surface area contributed by atoms with Gasteiger partial charge in [-0.15, -0.1) is 0 Å². The monoisotopic (exact) mass is 212 g/mol. The zero-order valence-electron chi connectivity index (χ0n) is 8.48. The van der Waals surface area contributed by atoms with Crippen LogP contribution in [0.25, 0.3) is 0 Å². The molecular weight excluding hydrogens is 200 g/mol. The summed E-state index contributed by atoms with van der Waals surface area (Å²) >= 11 is 0. The fourth-order valence-corrected chi connectivity index (χ4v) is 0.972. The SMILES string of the molecule is CC(C)CC(=O)Nc1ncc(C(=O)O)o1. The average Bonchev–Trinajstić information content (AvgIpc) is 2.50. The van der Waals surface area contributed by atoms with Crippen LogP contribution in [0.15, 0.2) is 10.6 Å². The minimum Gasteiger partial charge on any atom is -0.475 e. The number of nitrogens with one attached hydrogen (secondary N) is 1.